The lowest BCUT2D eigenvalue weighted by Gasteiger charge is -2.29. The molecule has 2 aliphatic rings. The number of anilines is 3. The van der Waals surface area contributed by atoms with Gasteiger partial charge in [-0.05, 0) is 18.9 Å². The smallest absolute Gasteiger partial charge is 0.409 e. The van der Waals surface area contributed by atoms with Crippen molar-refractivity contribution in [2.75, 3.05) is 44.5 Å². The highest BCUT2D eigenvalue weighted by Crippen LogP contribution is 2.36. The quantitative estimate of drug-likeness (QED) is 0.787. The van der Waals surface area contributed by atoms with Crippen LogP contribution >= 0.6 is 0 Å². The van der Waals surface area contributed by atoms with Gasteiger partial charge in [-0.1, -0.05) is 0 Å². The minimum absolute atomic E-state index is 0.0567. The van der Waals surface area contributed by atoms with Gasteiger partial charge in [0.1, 0.15) is 5.82 Å². The standard InChI is InChI=1S/C20H26F2N6O3/c1-26(17-9-13(18(21)22)15(23)10-24-17)19-14-11-27(20(29)30-2)6-3-16(14)28(25-19)12-4-7-31-8-5-12/h9-10,12,18H,3-8,11,23H2,1-2H3. The van der Waals surface area contributed by atoms with Crippen molar-refractivity contribution in [2.45, 2.75) is 38.3 Å². The average molecular weight is 436 g/mol. The number of pyridine rings is 1. The Hall–Kier alpha value is -2.95. The van der Waals surface area contributed by atoms with Crippen LogP contribution in [0.1, 0.15) is 42.1 Å². The summed E-state index contributed by atoms with van der Waals surface area (Å²) in [6.07, 6.45) is 0.416. The van der Waals surface area contributed by atoms with Crippen LogP contribution in [0.15, 0.2) is 12.3 Å². The minimum atomic E-state index is -2.71. The Labute approximate surface area is 178 Å². The van der Waals surface area contributed by atoms with Gasteiger partial charge < -0.3 is 25.0 Å². The summed E-state index contributed by atoms with van der Waals surface area (Å²) in [5, 5.41) is 4.86. The second-order valence-corrected chi connectivity index (χ2v) is 7.71. The first-order chi connectivity index (χ1) is 14.9. The molecule has 31 heavy (non-hydrogen) atoms. The van der Waals surface area contributed by atoms with E-state index in [4.69, 9.17) is 20.3 Å². The first-order valence-corrected chi connectivity index (χ1v) is 10.2. The number of methoxy groups -OCH3 is 1. The molecule has 1 fully saturated rings. The minimum Gasteiger partial charge on any atom is -0.453 e. The van der Waals surface area contributed by atoms with Crippen molar-refractivity contribution in [3.63, 3.8) is 0 Å². The van der Waals surface area contributed by atoms with E-state index in [1.54, 1.807) is 16.8 Å². The number of amides is 1. The first-order valence-electron chi connectivity index (χ1n) is 10.2. The normalized spacial score (nSPS) is 17.0. The largest absolute Gasteiger partial charge is 0.453 e. The van der Waals surface area contributed by atoms with Crippen molar-refractivity contribution >= 4 is 23.4 Å². The van der Waals surface area contributed by atoms with Gasteiger partial charge in [-0.2, -0.15) is 5.10 Å². The maximum atomic E-state index is 13.4. The molecule has 2 N–H and O–H groups in total. The number of rotatable bonds is 4. The van der Waals surface area contributed by atoms with Crippen molar-refractivity contribution in [3.8, 4) is 0 Å². The number of nitrogens with two attached hydrogens (primary N) is 1. The van der Waals surface area contributed by atoms with Crippen molar-refractivity contribution in [1.82, 2.24) is 19.7 Å². The fourth-order valence-electron chi connectivity index (χ4n) is 4.17. The molecule has 0 unspecified atom stereocenters. The van der Waals surface area contributed by atoms with Gasteiger partial charge in [-0.25, -0.2) is 18.6 Å². The lowest BCUT2D eigenvalue weighted by Crippen LogP contribution is -2.37. The maximum absolute atomic E-state index is 13.4. The SMILES string of the molecule is COC(=O)N1CCc2c(c(N(C)c3cc(C(F)F)c(N)cn3)nn2C2CCOCC2)C1. The van der Waals surface area contributed by atoms with Gasteiger partial charge >= 0.3 is 6.09 Å². The number of fused-ring (bicyclic) bond motifs is 1. The van der Waals surface area contributed by atoms with Gasteiger partial charge in [0.15, 0.2) is 5.82 Å². The van der Waals surface area contributed by atoms with Crippen LogP contribution in [0.4, 0.5) is 30.9 Å². The molecule has 0 radical (unpaired) electrons. The summed E-state index contributed by atoms with van der Waals surface area (Å²) in [6.45, 7) is 2.17. The summed E-state index contributed by atoms with van der Waals surface area (Å²) >= 11 is 0. The molecule has 2 aromatic heterocycles. The van der Waals surface area contributed by atoms with E-state index in [-0.39, 0.29) is 17.3 Å². The molecule has 1 amide bonds. The molecule has 0 atom stereocenters. The highest BCUT2D eigenvalue weighted by Gasteiger charge is 2.32. The summed E-state index contributed by atoms with van der Waals surface area (Å²) in [7, 11) is 3.07. The molecular formula is C20H26F2N6O3. The van der Waals surface area contributed by atoms with Crippen LogP contribution in [-0.2, 0) is 22.4 Å². The van der Waals surface area contributed by atoms with Crippen LogP contribution < -0.4 is 10.6 Å². The van der Waals surface area contributed by atoms with E-state index < -0.39 is 12.5 Å². The van der Waals surface area contributed by atoms with Crippen molar-refractivity contribution < 1.29 is 23.0 Å². The van der Waals surface area contributed by atoms with E-state index in [0.717, 1.165) is 24.1 Å². The molecule has 168 valence electrons. The first kappa shape index (κ1) is 21.3. The third-order valence-corrected chi connectivity index (χ3v) is 5.88. The zero-order valence-corrected chi connectivity index (χ0v) is 17.6. The Kier molecular flexibility index (Phi) is 5.94. The van der Waals surface area contributed by atoms with E-state index in [9.17, 15) is 13.6 Å². The van der Waals surface area contributed by atoms with Crippen LogP contribution in [0, 0.1) is 0 Å². The van der Waals surface area contributed by atoms with Gasteiger partial charge in [0.2, 0.25) is 0 Å². The molecule has 2 aromatic rings. The van der Waals surface area contributed by atoms with Crippen LogP contribution in [0.2, 0.25) is 0 Å². The molecule has 0 saturated carbocycles. The third-order valence-electron chi connectivity index (χ3n) is 5.88. The van der Waals surface area contributed by atoms with Crippen LogP contribution in [0.5, 0.6) is 0 Å². The molecule has 4 rings (SSSR count). The number of halogens is 2. The maximum Gasteiger partial charge on any atom is 0.409 e. The van der Waals surface area contributed by atoms with E-state index in [1.807, 2.05) is 4.68 Å². The van der Waals surface area contributed by atoms with E-state index >= 15 is 0 Å². The molecule has 4 heterocycles. The second kappa shape index (κ2) is 8.66. The molecular weight excluding hydrogens is 410 g/mol. The van der Waals surface area contributed by atoms with E-state index in [2.05, 4.69) is 4.98 Å². The Bertz CT molecular complexity index is 961. The number of hydrogen-bond donors (Lipinski definition) is 1. The fourth-order valence-corrected chi connectivity index (χ4v) is 4.17. The summed E-state index contributed by atoms with van der Waals surface area (Å²) < 4.78 is 39.1. The topological polar surface area (TPSA) is 98.7 Å². The molecule has 0 spiro atoms. The van der Waals surface area contributed by atoms with Gasteiger partial charge in [0, 0.05) is 50.0 Å². The molecule has 2 aliphatic heterocycles. The monoisotopic (exact) mass is 436 g/mol. The molecule has 1 saturated heterocycles. The van der Waals surface area contributed by atoms with Crippen molar-refractivity contribution in [3.05, 3.63) is 29.1 Å². The molecule has 9 nitrogen and oxygen atoms in total. The Morgan fingerprint density at radius 3 is 2.81 bits per heavy atom. The third kappa shape index (κ3) is 4.01. The summed E-state index contributed by atoms with van der Waals surface area (Å²) in [4.78, 5) is 19.6. The van der Waals surface area contributed by atoms with Crippen LogP contribution in [0.25, 0.3) is 0 Å². The molecule has 0 aliphatic carbocycles. The Morgan fingerprint density at radius 2 is 2.13 bits per heavy atom. The highest BCUT2D eigenvalue weighted by molar-refractivity contribution is 5.70. The van der Waals surface area contributed by atoms with Crippen molar-refractivity contribution in [2.24, 2.45) is 0 Å². The number of carbonyl (C=O) groups is 1. The predicted octanol–water partition coefficient (Wildman–Crippen LogP) is 3.04. The lowest BCUT2D eigenvalue weighted by molar-refractivity contribution is 0.0649. The Balaban J connectivity index is 1.75. The number of ether oxygens (including phenoxy) is 2. The van der Waals surface area contributed by atoms with Crippen LogP contribution in [-0.4, -0.2) is 59.7 Å². The number of carbonyl (C=O) groups excluding carboxylic acids is 1. The molecule has 0 aromatic carbocycles. The molecule has 11 heteroatoms. The summed E-state index contributed by atoms with van der Waals surface area (Å²) in [5.74, 6) is 0.881. The molecule has 0 bridgehead atoms. The highest BCUT2D eigenvalue weighted by atomic mass is 19.3. The van der Waals surface area contributed by atoms with Crippen LogP contribution in [0.3, 0.4) is 0 Å². The van der Waals surface area contributed by atoms with Crippen molar-refractivity contribution in [1.29, 1.82) is 0 Å². The fraction of sp³-hybridized carbons (Fsp3) is 0.550. The zero-order chi connectivity index (χ0) is 22.1. The second-order valence-electron chi connectivity index (χ2n) is 7.71. The van der Waals surface area contributed by atoms with Gasteiger partial charge in [0.05, 0.1) is 31.6 Å². The predicted molar refractivity (Wildman–Crippen MR) is 110 cm³/mol. The Morgan fingerprint density at radius 1 is 1.39 bits per heavy atom. The van der Waals surface area contributed by atoms with Gasteiger partial charge in [-0.15, -0.1) is 0 Å². The summed E-state index contributed by atoms with van der Waals surface area (Å²) in [6, 6.07) is 1.46. The van der Waals surface area contributed by atoms with E-state index in [1.165, 1.54) is 19.4 Å². The number of hydrogen-bond acceptors (Lipinski definition) is 7. The zero-order valence-electron chi connectivity index (χ0n) is 17.6. The number of aromatic nitrogens is 3. The summed E-state index contributed by atoms with van der Waals surface area (Å²) in [5.41, 5.74) is 7.23. The lowest BCUT2D eigenvalue weighted by atomic mass is 10.0. The van der Waals surface area contributed by atoms with Gasteiger partial charge in [-0.3, -0.25) is 4.68 Å². The van der Waals surface area contributed by atoms with Gasteiger partial charge in [0.25, 0.3) is 6.43 Å². The average Bonchev–Trinajstić information content (AvgIpc) is 3.17. The number of alkyl halides is 2. The van der Waals surface area contributed by atoms with E-state index in [0.29, 0.717) is 44.4 Å². The number of nitrogens with zero attached hydrogens (tertiary/aromatic N) is 5. The number of nitrogen functional groups attached to an aromatic ring is 1.